The Morgan fingerprint density at radius 1 is 1.12 bits per heavy atom. The third kappa shape index (κ3) is 14.0. The smallest absolute Gasteiger partial charge is 0.183 e. The van der Waals surface area contributed by atoms with Crippen LogP contribution < -0.4 is 0 Å². The van der Waals surface area contributed by atoms with E-state index in [2.05, 4.69) is 19.6 Å². The molecule has 4 heteroatoms. The lowest BCUT2D eigenvalue weighted by atomic mass is 10.2. The van der Waals surface area contributed by atoms with Gasteiger partial charge < -0.3 is 13.9 Å². The minimum absolute atomic E-state index is 0. The number of hydrogen-bond acceptors (Lipinski definition) is 3. The van der Waals surface area contributed by atoms with E-state index >= 15 is 0 Å². The van der Waals surface area contributed by atoms with Crippen molar-refractivity contribution in [3.63, 3.8) is 0 Å². The van der Waals surface area contributed by atoms with Crippen LogP contribution in [0.3, 0.4) is 0 Å². The van der Waals surface area contributed by atoms with Crippen molar-refractivity contribution in [3.05, 3.63) is 0 Å². The minimum atomic E-state index is -1.16. The predicted molar refractivity (Wildman–Crippen MR) is 76.9 cm³/mol. The van der Waals surface area contributed by atoms with Crippen molar-refractivity contribution in [2.75, 3.05) is 19.8 Å². The lowest BCUT2D eigenvalue weighted by Crippen LogP contribution is -2.24. The van der Waals surface area contributed by atoms with Crippen LogP contribution in [-0.4, -0.2) is 34.4 Å². The maximum absolute atomic E-state index is 5.37. The van der Waals surface area contributed by atoms with Crippen molar-refractivity contribution in [2.24, 2.45) is 0 Å². The second kappa shape index (κ2) is 11.2. The molecule has 1 unspecified atom stereocenters. The highest BCUT2D eigenvalue weighted by Gasteiger charge is 2.12. The molecule has 0 bridgehead atoms. The summed E-state index contributed by atoms with van der Waals surface area (Å²) >= 11 is 0. The molecule has 0 aliphatic carbocycles. The van der Waals surface area contributed by atoms with Crippen molar-refractivity contribution in [3.8, 4) is 0 Å². The average molecular weight is 264 g/mol. The van der Waals surface area contributed by atoms with E-state index in [0.29, 0.717) is 0 Å². The Labute approximate surface area is 109 Å². The van der Waals surface area contributed by atoms with Gasteiger partial charge in [-0.25, -0.2) is 0 Å². The van der Waals surface area contributed by atoms with Gasteiger partial charge in [-0.2, -0.15) is 0 Å². The molecule has 0 aromatic carbocycles. The summed E-state index contributed by atoms with van der Waals surface area (Å²) in [6.07, 6.45) is 3.63. The van der Waals surface area contributed by atoms with Crippen molar-refractivity contribution in [1.82, 2.24) is 0 Å². The Balaban J connectivity index is 0. The Morgan fingerprint density at radius 2 is 1.76 bits per heavy atom. The maximum Gasteiger partial charge on any atom is 0.183 e. The molecule has 17 heavy (non-hydrogen) atoms. The summed E-state index contributed by atoms with van der Waals surface area (Å²) in [7, 11) is -1.16. The van der Waals surface area contributed by atoms with Gasteiger partial charge >= 0.3 is 0 Å². The van der Waals surface area contributed by atoms with Gasteiger partial charge in [0.15, 0.2) is 14.6 Å². The van der Waals surface area contributed by atoms with Gasteiger partial charge in [-0.05, 0) is 52.8 Å². The fourth-order valence-electron chi connectivity index (χ4n) is 1.46. The van der Waals surface area contributed by atoms with Gasteiger partial charge in [-0.15, -0.1) is 0 Å². The predicted octanol–water partition coefficient (Wildman–Crippen LogP) is 4.04. The summed E-state index contributed by atoms with van der Waals surface area (Å²) in [4.78, 5) is 0. The average Bonchev–Trinajstić information content (AvgIpc) is 2.19. The molecule has 0 saturated carbocycles. The Bertz CT molecular complexity index is 148. The fraction of sp³-hybridized carbons (Fsp3) is 1.00. The second-order valence-corrected chi connectivity index (χ2v) is 9.31. The molecule has 3 nitrogen and oxygen atoms in total. The molecule has 1 heterocycles. The van der Waals surface area contributed by atoms with Crippen molar-refractivity contribution >= 4 is 8.32 Å². The quantitative estimate of drug-likeness (QED) is 0.717. The van der Waals surface area contributed by atoms with Crippen LogP contribution in [-0.2, 0) is 13.9 Å². The summed E-state index contributed by atoms with van der Waals surface area (Å²) in [5.41, 5.74) is 0. The highest BCUT2D eigenvalue weighted by atomic mass is 28.4. The van der Waals surface area contributed by atoms with Crippen molar-refractivity contribution in [1.29, 1.82) is 0 Å². The SMILES string of the molecule is C.CCOC1CCCCO1.CCO[Si](C)(C)C. The summed E-state index contributed by atoms with van der Waals surface area (Å²) < 4.78 is 15.9. The maximum atomic E-state index is 5.37. The zero-order valence-corrected chi connectivity index (χ0v) is 12.5. The van der Waals surface area contributed by atoms with Gasteiger partial charge in [0, 0.05) is 19.8 Å². The topological polar surface area (TPSA) is 27.7 Å². The first-order valence-electron chi connectivity index (χ1n) is 6.36. The third-order valence-electron chi connectivity index (χ3n) is 2.07. The van der Waals surface area contributed by atoms with Gasteiger partial charge in [0.25, 0.3) is 0 Å². The molecule has 0 amide bonds. The van der Waals surface area contributed by atoms with Crippen molar-refractivity contribution < 1.29 is 13.9 Å². The molecule has 106 valence electrons. The second-order valence-electron chi connectivity index (χ2n) is 4.80. The van der Waals surface area contributed by atoms with Gasteiger partial charge in [0.2, 0.25) is 0 Å². The zero-order chi connectivity index (χ0) is 12.4. The Hall–Kier alpha value is 0.0969. The molecule has 1 aliphatic heterocycles. The highest BCUT2D eigenvalue weighted by molar-refractivity contribution is 6.69. The molecule has 0 spiro atoms. The van der Waals surface area contributed by atoms with Crippen LogP contribution in [0, 0.1) is 0 Å². The molecule has 1 saturated heterocycles. The zero-order valence-electron chi connectivity index (χ0n) is 11.5. The number of hydrogen-bond donors (Lipinski definition) is 0. The summed E-state index contributed by atoms with van der Waals surface area (Å²) in [6, 6.07) is 0. The molecule has 1 rings (SSSR count). The molecular weight excluding hydrogens is 232 g/mol. The summed E-state index contributed by atoms with van der Waals surface area (Å²) in [5.74, 6) is 0. The van der Waals surface area contributed by atoms with E-state index < -0.39 is 8.32 Å². The standard InChI is InChI=1S/C7H14O2.C5H14OSi.CH4/c1-2-8-7-5-3-4-6-9-7;1-5-6-7(2,3)4;/h7H,2-6H2,1H3;5H2,1-4H3;1H4. The Morgan fingerprint density at radius 3 is 2.06 bits per heavy atom. The van der Waals surface area contributed by atoms with Crippen LogP contribution in [0.15, 0.2) is 0 Å². The van der Waals surface area contributed by atoms with Crippen LogP contribution in [0.4, 0.5) is 0 Å². The Kier molecular flexibility index (Phi) is 12.8. The van der Waals surface area contributed by atoms with E-state index in [1.807, 2.05) is 13.8 Å². The third-order valence-corrected chi connectivity index (χ3v) is 3.22. The lowest BCUT2D eigenvalue weighted by Gasteiger charge is -2.21. The van der Waals surface area contributed by atoms with Crippen molar-refractivity contribution in [2.45, 2.75) is 66.5 Å². The van der Waals surface area contributed by atoms with Gasteiger partial charge in [-0.3, -0.25) is 0 Å². The highest BCUT2D eigenvalue weighted by Crippen LogP contribution is 2.12. The van der Waals surface area contributed by atoms with E-state index in [1.165, 1.54) is 12.8 Å². The summed E-state index contributed by atoms with van der Waals surface area (Å²) in [5, 5.41) is 0. The largest absolute Gasteiger partial charge is 0.418 e. The molecule has 0 aromatic rings. The fourth-order valence-corrected chi connectivity index (χ4v) is 2.33. The molecule has 0 N–H and O–H groups in total. The first kappa shape index (κ1) is 19.4. The minimum Gasteiger partial charge on any atom is -0.418 e. The van der Waals surface area contributed by atoms with E-state index in [0.717, 1.165) is 26.2 Å². The van der Waals surface area contributed by atoms with Gasteiger partial charge in [0.1, 0.15) is 0 Å². The first-order valence-corrected chi connectivity index (χ1v) is 9.77. The van der Waals surface area contributed by atoms with E-state index in [1.54, 1.807) is 0 Å². The van der Waals surface area contributed by atoms with Crippen LogP contribution in [0.2, 0.25) is 19.6 Å². The van der Waals surface area contributed by atoms with Crippen LogP contribution in [0.25, 0.3) is 0 Å². The van der Waals surface area contributed by atoms with Gasteiger partial charge in [-0.1, -0.05) is 7.43 Å². The molecule has 1 atom stereocenters. The molecular formula is C13H32O3Si. The van der Waals surface area contributed by atoms with Crippen LogP contribution in [0.1, 0.15) is 40.5 Å². The van der Waals surface area contributed by atoms with E-state index in [9.17, 15) is 0 Å². The van der Waals surface area contributed by atoms with Crippen LogP contribution in [0.5, 0.6) is 0 Å². The molecule has 0 radical (unpaired) electrons. The van der Waals surface area contributed by atoms with Gasteiger partial charge in [0.05, 0.1) is 0 Å². The number of rotatable bonds is 4. The monoisotopic (exact) mass is 264 g/mol. The van der Waals surface area contributed by atoms with E-state index in [-0.39, 0.29) is 13.7 Å². The molecule has 0 aromatic heterocycles. The number of ether oxygens (including phenoxy) is 2. The molecule has 1 aliphatic rings. The summed E-state index contributed by atoms with van der Waals surface area (Å²) in [6.45, 7) is 13.1. The molecule has 1 fully saturated rings. The van der Waals surface area contributed by atoms with Crippen LogP contribution >= 0.6 is 0 Å². The first-order chi connectivity index (χ1) is 7.49. The normalized spacial score (nSPS) is 19.9. The van der Waals surface area contributed by atoms with E-state index in [4.69, 9.17) is 13.9 Å². The lowest BCUT2D eigenvalue weighted by molar-refractivity contribution is -0.159.